The second-order valence-corrected chi connectivity index (χ2v) is 7.20. The van der Waals surface area contributed by atoms with Crippen molar-refractivity contribution in [2.75, 3.05) is 0 Å². The van der Waals surface area contributed by atoms with E-state index < -0.39 is 0 Å². The van der Waals surface area contributed by atoms with E-state index in [0.717, 1.165) is 36.8 Å². The maximum absolute atomic E-state index is 12.8. The first-order chi connectivity index (χ1) is 12.6. The van der Waals surface area contributed by atoms with E-state index >= 15 is 0 Å². The van der Waals surface area contributed by atoms with E-state index in [0.29, 0.717) is 16.9 Å². The molecule has 1 aromatic carbocycles. The Balaban J connectivity index is 1.53. The summed E-state index contributed by atoms with van der Waals surface area (Å²) >= 11 is 0. The summed E-state index contributed by atoms with van der Waals surface area (Å²) in [6.07, 6.45) is 7.47. The molecule has 1 amide bonds. The van der Waals surface area contributed by atoms with Crippen LogP contribution in [0, 0.1) is 6.92 Å². The van der Waals surface area contributed by atoms with Crippen LogP contribution in [0.4, 0.5) is 0 Å². The van der Waals surface area contributed by atoms with Gasteiger partial charge in [0.2, 0.25) is 0 Å². The number of carbonyl (C=O) groups excluding carboxylic acids is 1. The molecule has 1 fully saturated rings. The highest BCUT2D eigenvalue weighted by Gasteiger charge is 2.26. The molecule has 26 heavy (non-hydrogen) atoms. The maximum Gasteiger partial charge on any atom is 0.258 e. The zero-order valence-corrected chi connectivity index (χ0v) is 14.8. The van der Waals surface area contributed by atoms with Crippen LogP contribution < -0.4 is 10.9 Å². The van der Waals surface area contributed by atoms with Crippen molar-refractivity contribution in [3.8, 4) is 0 Å². The van der Waals surface area contributed by atoms with Gasteiger partial charge >= 0.3 is 0 Å². The smallest absolute Gasteiger partial charge is 0.258 e. The molecule has 3 N–H and O–H groups in total. The zero-order valence-electron chi connectivity index (χ0n) is 14.8. The minimum Gasteiger partial charge on any atom is -0.360 e. The van der Waals surface area contributed by atoms with Gasteiger partial charge in [-0.2, -0.15) is 0 Å². The van der Waals surface area contributed by atoms with Gasteiger partial charge in [0, 0.05) is 18.4 Å². The van der Waals surface area contributed by atoms with Crippen LogP contribution in [-0.2, 0) is 0 Å². The summed E-state index contributed by atoms with van der Waals surface area (Å²) in [5, 5.41) is 3.59. The second-order valence-electron chi connectivity index (χ2n) is 7.20. The summed E-state index contributed by atoms with van der Waals surface area (Å²) in [6, 6.07) is 10.6. The van der Waals surface area contributed by atoms with Crippen molar-refractivity contribution in [1.82, 2.24) is 15.3 Å². The van der Waals surface area contributed by atoms with Gasteiger partial charge in [-0.15, -0.1) is 0 Å². The highest BCUT2D eigenvalue weighted by atomic mass is 16.2. The number of amides is 1. The number of aryl methyl sites for hydroxylation is 1. The molecule has 0 unspecified atom stereocenters. The van der Waals surface area contributed by atoms with Gasteiger partial charge in [-0.3, -0.25) is 9.59 Å². The van der Waals surface area contributed by atoms with Crippen LogP contribution in [-0.4, -0.2) is 21.9 Å². The highest BCUT2D eigenvalue weighted by molar-refractivity contribution is 6.07. The summed E-state index contributed by atoms with van der Waals surface area (Å²) in [7, 11) is 0. The molecule has 0 saturated heterocycles. The predicted molar refractivity (Wildman–Crippen MR) is 103 cm³/mol. The fraction of sp³-hybridized carbons (Fsp3) is 0.333. The molecule has 2 atom stereocenters. The van der Waals surface area contributed by atoms with Crippen LogP contribution in [0.5, 0.6) is 0 Å². The molecule has 0 bridgehead atoms. The van der Waals surface area contributed by atoms with Crippen molar-refractivity contribution in [1.29, 1.82) is 0 Å². The van der Waals surface area contributed by atoms with E-state index in [-0.39, 0.29) is 17.5 Å². The Morgan fingerprint density at radius 3 is 2.73 bits per heavy atom. The van der Waals surface area contributed by atoms with Crippen LogP contribution >= 0.6 is 0 Å². The van der Waals surface area contributed by atoms with E-state index in [1.165, 1.54) is 5.56 Å². The first-order valence-corrected chi connectivity index (χ1v) is 9.18. The van der Waals surface area contributed by atoms with E-state index in [2.05, 4.69) is 39.6 Å². The lowest BCUT2D eigenvalue weighted by atomic mass is 9.81. The van der Waals surface area contributed by atoms with Crippen LogP contribution in [0.3, 0.4) is 0 Å². The molecule has 0 radical (unpaired) electrons. The van der Waals surface area contributed by atoms with Gasteiger partial charge in [-0.05, 0) is 43.2 Å². The Hall–Kier alpha value is -2.82. The molecule has 1 aliphatic rings. The Labute approximate surface area is 151 Å². The van der Waals surface area contributed by atoms with Gasteiger partial charge < -0.3 is 15.3 Å². The SMILES string of the molecule is Cc1c[nH]c(=O)c2c(C(=O)N[C@H]3CCC[C@H](c4ccccc4)C3)c[nH]c12. The van der Waals surface area contributed by atoms with Crippen LogP contribution in [0.1, 0.15) is 53.1 Å². The number of aromatic amines is 2. The minimum atomic E-state index is -0.234. The van der Waals surface area contributed by atoms with Crippen molar-refractivity contribution in [3.05, 3.63) is 69.8 Å². The van der Waals surface area contributed by atoms with Crippen molar-refractivity contribution in [3.63, 3.8) is 0 Å². The molecule has 0 aliphatic heterocycles. The lowest BCUT2D eigenvalue weighted by Gasteiger charge is -2.30. The second kappa shape index (κ2) is 6.83. The summed E-state index contributed by atoms with van der Waals surface area (Å²) < 4.78 is 0. The molecule has 134 valence electrons. The fourth-order valence-corrected chi connectivity index (χ4v) is 4.08. The van der Waals surface area contributed by atoms with E-state index in [1.54, 1.807) is 12.4 Å². The van der Waals surface area contributed by atoms with Crippen LogP contribution in [0.25, 0.3) is 10.9 Å². The molecule has 3 aromatic rings. The quantitative estimate of drug-likeness (QED) is 0.675. The van der Waals surface area contributed by atoms with Crippen molar-refractivity contribution in [2.24, 2.45) is 0 Å². The summed E-state index contributed by atoms with van der Waals surface area (Å²) in [5.74, 6) is 0.301. The highest BCUT2D eigenvalue weighted by Crippen LogP contribution is 2.33. The van der Waals surface area contributed by atoms with Gasteiger partial charge in [-0.1, -0.05) is 36.8 Å². The predicted octanol–water partition coefficient (Wildman–Crippen LogP) is 3.62. The zero-order chi connectivity index (χ0) is 18.1. The molecule has 1 aliphatic carbocycles. The normalized spacial score (nSPS) is 20.2. The molecule has 2 heterocycles. The number of nitrogens with one attached hydrogen (secondary N) is 3. The average Bonchev–Trinajstić information content (AvgIpc) is 3.12. The lowest BCUT2D eigenvalue weighted by molar-refractivity contribution is 0.0927. The third-order valence-corrected chi connectivity index (χ3v) is 5.45. The maximum atomic E-state index is 12.8. The van der Waals surface area contributed by atoms with E-state index in [1.807, 2.05) is 13.0 Å². The Morgan fingerprint density at radius 2 is 1.92 bits per heavy atom. The van der Waals surface area contributed by atoms with Crippen LogP contribution in [0.2, 0.25) is 0 Å². The number of fused-ring (bicyclic) bond motifs is 1. The third-order valence-electron chi connectivity index (χ3n) is 5.45. The van der Waals surface area contributed by atoms with Gasteiger partial charge in [0.1, 0.15) is 0 Å². The topological polar surface area (TPSA) is 77.8 Å². The van der Waals surface area contributed by atoms with Crippen molar-refractivity contribution < 1.29 is 4.79 Å². The van der Waals surface area contributed by atoms with Gasteiger partial charge in [0.05, 0.1) is 16.5 Å². The molecule has 4 rings (SSSR count). The van der Waals surface area contributed by atoms with E-state index in [4.69, 9.17) is 0 Å². The van der Waals surface area contributed by atoms with Crippen molar-refractivity contribution >= 4 is 16.8 Å². The van der Waals surface area contributed by atoms with Gasteiger partial charge in [-0.25, -0.2) is 0 Å². The number of hydrogen-bond acceptors (Lipinski definition) is 2. The Morgan fingerprint density at radius 1 is 1.12 bits per heavy atom. The third kappa shape index (κ3) is 3.05. The van der Waals surface area contributed by atoms with Crippen LogP contribution in [0.15, 0.2) is 47.5 Å². The van der Waals surface area contributed by atoms with Crippen molar-refractivity contribution in [2.45, 2.75) is 44.6 Å². The monoisotopic (exact) mass is 349 g/mol. The minimum absolute atomic E-state index is 0.135. The lowest BCUT2D eigenvalue weighted by Crippen LogP contribution is -2.38. The molecule has 5 nitrogen and oxygen atoms in total. The van der Waals surface area contributed by atoms with Gasteiger partial charge in [0.15, 0.2) is 0 Å². The number of H-pyrrole nitrogens is 2. The summed E-state index contributed by atoms with van der Waals surface area (Å²) in [4.78, 5) is 30.8. The Kier molecular flexibility index (Phi) is 4.37. The molecular formula is C21H23N3O2. The average molecular weight is 349 g/mol. The number of rotatable bonds is 3. The molecular weight excluding hydrogens is 326 g/mol. The first-order valence-electron chi connectivity index (χ1n) is 9.18. The number of benzene rings is 1. The van der Waals surface area contributed by atoms with Gasteiger partial charge in [0.25, 0.3) is 11.5 Å². The molecule has 2 aromatic heterocycles. The first kappa shape index (κ1) is 16.6. The fourth-order valence-electron chi connectivity index (χ4n) is 4.08. The van der Waals surface area contributed by atoms with E-state index in [9.17, 15) is 9.59 Å². The molecule has 5 heteroatoms. The molecule has 1 saturated carbocycles. The summed E-state index contributed by atoms with van der Waals surface area (Å²) in [6.45, 7) is 1.90. The molecule has 0 spiro atoms. The number of aromatic nitrogens is 2. The summed E-state index contributed by atoms with van der Waals surface area (Å²) in [5.41, 5.74) is 3.17. The Bertz CT molecular complexity index is 987. The number of pyridine rings is 1. The standard InChI is InChI=1S/C21H23N3O2/c1-13-11-23-21(26)18-17(12-22-19(13)18)20(25)24-16-9-5-8-15(10-16)14-6-3-2-4-7-14/h2-4,6-7,11-12,15-16,22H,5,8-10H2,1H3,(H,23,26)(H,24,25)/t15-,16-/m0/s1. The number of carbonyl (C=O) groups is 1. The number of hydrogen-bond donors (Lipinski definition) is 3. The largest absolute Gasteiger partial charge is 0.360 e.